The number of ether oxygens (including phenoxy) is 1. The minimum atomic E-state index is -0.484. The van der Waals surface area contributed by atoms with Gasteiger partial charge in [0.05, 0.1) is 16.6 Å². The van der Waals surface area contributed by atoms with E-state index in [4.69, 9.17) is 9.26 Å². The average Bonchev–Trinajstić information content (AvgIpc) is 3.31. The number of halogens is 2. The molecule has 4 rings (SSSR count). The van der Waals surface area contributed by atoms with Crippen LogP contribution in [0.15, 0.2) is 63.7 Å². The number of hydrogen-bond donors (Lipinski definition) is 1. The van der Waals surface area contributed by atoms with E-state index in [0.29, 0.717) is 27.1 Å². The van der Waals surface area contributed by atoms with E-state index in [0.717, 1.165) is 5.56 Å². The molecule has 0 bridgehead atoms. The molecule has 1 amide bonds. The summed E-state index contributed by atoms with van der Waals surface area (Å²) in [4.78, 5) is 12.9. The molecule has 0 saturated carbocycles. The summed E-state index contributed by atoms with van der Waals surface area (Å²) in [5.74, 6) is 0.697. The number of nitrogens with zero attached hydrogens (tertiary/aromatic N) is 3. The van der Waals surface area contributed by atoms with Gasteiger partial charge >= 0.3 is 0 Å². The number of hydrogen-bond acceptors (Lipinski definition) is 5. The number of benzene rings is 2. The van der Waals surface area contributed by atoms with Gasteiger partial charge in [-0.15, -0.1) is 0 Å². The molecule has 7 nitrogen and oxygen atoms in total. The first-order valence-corrected chi connectivity index (χ1v) is 10.6. The maximum absolute atomic E-state index is 13.9. The molecule has 0 fully saturated rings. The molecule has 0 radical (unpaired) electrons. The van der Waals surface area contributed by atoms with E-state index in [1.165, 1.54) is 10.7 Å². The van der Waals surface area contributed by atoms with E-state index in [1.807, 2.05) is 31.2 Å². The Morgan fingerprint density at radius 1 is 1.19 bits per heavy atom. The van der Waals surface area contributed by atoms with Gasteiger partial charge in [-0.2, -0.15) is 5.10 Å². The maximum atomic E-state index is 13.9. The summed E-state index contributed by atoms with van der Waals surface area (Å²) in [6, 6.07) is 14.1. The standard InChI is InChI=1S/C23H20BrFN4O3/c1-14-7-3-6-10-20(14)31-13-17-15(2)32-28-21(17)23(30)26-22-18(24)12-29(27-22)11-16-8-4-5-9-19(16)25/h3-10,12H,11,13H2,1-2H3,(H,26,27,30). The fourth-order valence-electron chi connectivity index (χ4n) is 3.14. The van der Waals surface area contributed by atoms with E-state index in [-0.39, 0.29) is 30.5 Å². The quantitative estimate of drug-likeness (QED) is 0.375. The minimum absolute atomic E-state index is 0.117. The van der Waals surface area contributed by atoms with Crippen molar-refractivity contribution in [1.29, 1.82) is 0 Å². The van der Waals surface area contributed by atoms with Gasteiger partial charge in [0.2, 0.25) is 0 Å². The summed E-state index contributed by atoms with van der Waals surface area (Å²) < 4.78 is 27.1. The SMILES string of the molecule is Cc1ccccc1OCc1c(C(=O)Nc2nn(Cc3ccccc3F)cc2Br)noc1C. The molecule has 2 aromatic carbocycles. The lowest BCUT2D eigenvalue weighted by Crippen LogP contribution is -2.16. The molecule has 0 aliphatic rings. The molecule has 0 unspecified atom stereocenters. The van der Waals surface area contributed by atoms with Gasteiger partial charge in [0, 0.05) is 11.8 Å². The number of carbonyl (C=O) groups excluding carboxylic acids is 1. The maximum Gasteiger partial charge on any atom is 0.279 e. The van der Waals surface area contributed by atoms with Gasteiger partial charge in [-0.25, -0.2) is 4.39 Å². The van der Waals surface area contributed by atoms with Crippen LogP contribution in [-0.4, -0.2) is 20.8 Å². The van der Waals surface area contributed by atoms with Crippen molar-refractivity contribution in [1.82, 2.24) is 14.9 Å². The molecule has 0 aliphatic heterocycles. The van der Waals surface area contributed by atoms with Gasteiger partial charge in [-0.05, 0) is 47.5 Å². The van der Waals surface area contributed by atoms with Crippen LogP contribution in [0, 0.1) is 19.7 Å². The predicted octanol–water partition coefficient (Wildman–Crippen LogP) is 5.27. The lowest BCUT2D eigenvalue weighted by Gasteiger charge is -2.09. The molecule has 2 heterocycles. The van der Waals surface area contributed by atoms with E-state index < -0.39 is 5.91 Å². The fraction of sp³-hybridized carbons (Fsp3) is 0.174. The van der Waals surface area contributed by atoms with Crippen LogP contribution in [0.5, 0.6) is 5.75 Å². The zero-order chi connectivity index (χ0) is 22.7. The summed E-state index contributed by atoms with van der Waals surface area (Å²) in [7, 11) is 0. The van der Waals surface area contributed by atoms with Crippen molar-refractivity contribution < 1.29 is 18.4 Å². The third-order valence-electron chi connectivity index (χ3n) is 4.90. The number of amides is 1. The van der Waals surface area contributed by atoms with Crippen molar-refractivity contribution in [3.8, 4) is 5.75 Å². The molecule has 9 heteroatoms. The molecule has 0 saturated heterocycles. The van der Waals surface area contributed by atoms with Crippen molar-refractivity contribution in [2.24, 2.45) is 0 Å². The second kappa shape index (κ2) is 9.35. The number of para-hydroxylation sites is 1. The molecule has 4 aromatic rings. The van der Waals surface area contributed by atoms with Gasteiger partial charge in [0.1, 0.15) is 23.9 Å². The van der Waals surface area contributed by atoms with Gasteiger partial charge in [-0.3, -0.25) is 9.48 Å². The van der Waals surface area contributed by atoms with Crippen LogP contribution in [0.25, 0.3) is 0 Å². The first-order valence-electron chi connectivity index (χ1n) is 9.83. The van der Waals surface area contributed by atoms with E-state index in [9.17, 15) is 9.18 Å². The highest BCUT2D eigenvalue weighted by Gasteiger charge is 2.22. The Hall–Kier alpha value is -3.46. The lowest BCUT2D eigenvalue weighted by atomic mass is 10.2. The van der Waals surface area contributed by atoms with Crippen LogP contribution >= 0.6 is 15.9 Å². The highest BCUT2D eigenvalue weighted by molar-refractivity contribution is 9.10. The zero-order valence-corrected chi connectivity index (χ0v) is 19.0. The number of nitrogens with one attached hydrogen (secondary N) is 1. The molecule has 1 N–H and O–H groups in total. The molecule has 0 spiro atoms. The van der Waals surface area contributed by atoms with E-state index in [2.05, 4.69) is 31.5 Å². The summed E-state index contributed by atoms with van der Waals surface area (Å²) >= 11 is 3.38. The highest BCUT2D eigenvalue weighted by atomic mass is 79.9. The lowest BCUT2D eigenvalue weighted by molar-refractivity contribution is 0.101. The summed E-state index contributed by atoms with van der Waals surface area (Å²) in [6.45, 7) is 4.02. The Labute approximate surface area is 192 Å². The van der Waals surface area contributed by atoms with Crippen molar-refractivity contribution in [2.45, 2.75) is 27.0 Å². The smallest absolute Gasteiger partial charge is 0.279 e. The van der Waals surface area contributed by atoms with Gasteiger partial charge < -0.3 is 14.6 Å². The second-order valence-corrected chi connectivity index (χ2v) is 8.04. The Kier molecular flexibility index (Phi) is 6.36. The van der Waals surface area contributed by atoms with Gasteiger partial charge in [0.15, 0.2) is 11.5 Å². The molecule has 32 heavy (non-hydrogen) atoms. The number of anilines is 1. The monoisotopic (exact) mass is 498 g/mol. The topological polar surface area (TPSA) is 82.2 Å². The predicted molar refractivity (Wildman–Crippen MR) is 120 cm³/mol. The van der Waals surface area contributed by atoms with Crippen molar-refractivity contribution in [2.75, 3.05) is 5.32 Å². The first kappa shape index (κ1) is 21.8. The van der Waals surface area contributed by atoms with Crippen LogP contribution < -0.4 is 10.1 Å². The zero-order valence-electron chi connectivity index (χ0n) is 17.4. The Bertz CT molecular complexity index is 1270. The number of rotatable bonds is 7. The van der Waals surface area contributed by atoms with Crippen LogP contribution in [0.3, 0.4) is 0 Å². The van der Waals surface area contributed by atoms with Crippen LogP contribution in [-0.2, 0) is 13.2 Å². The summed E-state index contributed by atoms with van der Waals surface area (Å²) in [6.07, 6.45) is 1.66. The van der Waals surface area contributed by atoms with E-state index >= 15 is 0 Å². The third-order valence-corrected chi connectivity index (χ3v) is 5.48. The Balaban J connectivity index is 1.48. The second-order valence-electron chi connectivity index (χ2n) is 7.19. The Morgan fingerprint density at radius 2 is 1.94 bits per heavy atom. The number of aromatic nitrogens is 3. The van der Waals surface area contributed by atoms with Gasteiger partial charge in [-0.1, -0.05) is 41.6 Å². The normalized spacial score (nSPS) is 10.9. The average molecular weight is 499 g/mol. The molecular weight excluding hydrogens is 479 g/mol. The Morgan fingerprint density at radius 3 is 2.72 bits per heavy atom. The highest BCUT2D eigenvalue weighted by Crippen LogP contribution is 2.24. The summed E-state index contributed by atoms with van der Waals surface area (Å²) in [5.41, 5.74) is 2.14. The van der Waals surface area contributed by atoms with Crippen molar-refractivity contribution >= 4 is 27.7 Å². The molecule has 0 aliphatic carbocycles. The number of aryl methyl sites for hydroxylation is 2. The summed E-state index contributed by atoms with van der Waals surface area (Å²) in [5, 5.41) is 11.0. The van der Waals surface area contributed by atoms with Crippen LogP contribution in [0.1, 0.15) is 32.9 Å². The van der Waals surface area contributed by atoms with Crippen LogP contribution in [0.2, 0.25) is 0 Å². The fourth-order valence-corrected chi connectivity index (χ4v) is 3.55. The third kappa shape index (κ3) is 4.72. The van der Waals surface area contributed by atoms with Crippen molar-refractivity contribution in [3.63, 3.8) is 0 Å². The van der Waals surface area contributed by atoms with Crippen molar-refractivity contribution in [3.05, 3.63) is 93.2 Å². The molecular formula is C23H20BrFN4O3. The molecule has 0 atom stereocenters. The largest absolute Gasteiger partial charge is 0.488 e. The van der Waals surface area contributed by atoms with Crippen LogP contribution in [0.4, 0.5) is 10.2 Å². The first-order chi connectivity index (χ1) is 15.4. The molecule has 164 valence electrons. The minimum Gasteiger partial charge on any atom is -0.488 e. The molecule has 2 aromatic heterocycles. The number of carbonyl (C=O) groups is 1. The van der Waals surface area contributed by atoms with E-state index in [1.54, 1.807) is 31.3 Å². The van der Waals surface area contributed by atoms with Gasteiger partial charge in [0.25, 0.3) is 5.91 Å².